The van der Waals surface area contributed by atoms with Crippen LogP contribution in [0.2, 0.25) is 0 Å². The number of rotatable bonds is 3. The molecule has 0 aromatic rings. The molecule has 8 heavy (non-hydrogen) atoms. The highest BCUT2D eigenvalue weighted by molar-refractivity contribution is 5.53. The third kappa shape index (κ3) is 2.16. The van der Waals surface area contributed by atoms with E-state index < -0.39 is 6.86 Å². The van der Waals surface area contributed by atoms with Crippen molar-refractivity contribution in [3.05, 3.63) is 18.4 Å². The predicted molar refractivity (Wildman–Crippen MR) is 26.5 cm³/mol. The van der Waals surface area contributed by atoms with Crippen molar-refractivity contribution >= 4 is 5.94 Å². The maximum atomic E-state index is 11.1. The Kier molecular flexibility index (Phi) is 3.54. The van der Waals surface area contributed by atoms with Gasteiger partial charge in [-0.3, -0.25) is 0 Å². The maximum absolute atomic E-state index is 11.1. The molecule has 0 aliphatic carbocycles. The summed E-state index contributed by atoms with van der Waals surface area (Å²) < 4.78 is 15.2. The van der Waals surface area contributed by atoms with Crippen LogP contribution >= 0.6 is 0 Å². The molecule has 0 amide bonds. The number of carbonyl (C=O) groups excluding carboxylic acids is 1. The summed E-state index contributed by atoms with van der Waals surface area (Å²) >= 11 is 0. The predicted octanol–water partition coefficient (Wildman–Crippen LogP) is 0.831. The summed E-state index contributed by atoms with van der Waals surface area (Å²) in [5.74, 6) is 1.14. The van der Waals surface area contributed by atoms with Crippen molar-refractivity contribution in [1.29, 1.82) is 0 Å². The molecule has 2 nitrogen and oxygen atoms in total. The van der Waals surface area contributed by atoms with E-state index in [0.717, 1.165) is 6.08 Å². The minimum Gasteiger partial charge on any atom is -0.452 e. The van der Waals surface area contributed by atoms with Crippen molar-refractivity contribution in [2.75, 3.05) is 6.86 Å². The molecule has 0 aliphatic heterocycles. The molecule has 0 spiro atoms. The Morgan fingerprint density at radius 3 is 2.75 bits per heavy atom. The van der Waals surface area contributed by atoms with E-state index in [-0.39, 0.29) is 5.76 Å². The van der Waals surface area contributed by atoms with E-state index >= 15 is 0 Å². The molecule has 0 aromatic heterocycles. The van der Waals surface area contributed by atoms with E-state index in [9.17, 15) is 9.18 Å². The van der Waals surface area contributed by atoms with Gasteiger partial charge in [-0.25, -0.2) is 9.18 Å². The van der Waals surface area contributed by atoms with Crippen LogP contribution in [0.1, 0.15) is 0 Å². The SMILES string of the molecule is C=CC(=C=O)OCF. The van der Waals surface area contributed by atoms with Gasteiger partial charge < -0.3 is 4.74 Å². The first-order chi connectivity index (χ1) is 3.85. The molecule has 0 atom stereocenters. The van der Waals surface area contributed by atoms with Crippen molar-refractivity contribution in [3.63, 3.8) is 0 Å². The highest BCUT2D eigenvalue weighted by Gasteiger charge is 1.86. The summed E-state index contributed by atoms with van der Waals surface area (Å²) in [5.41, 5.74) is 0. The minimum absolute atomic E-state index is 0.201. The van der Waals surface area contributed by atoms with Crippen molar-refractivity contribution in [2.45, 2.75) is 0 Å². The van der Waals surface area contributed by atoms with Gasteiger partial charge in [-0.1, -0.05) is 6.58 Å². The second-order valence-corrected chi connectivity index (χ2v) is 0.924. The number of hydrogen-bond acceptors (Lipinski definition) is 2. The van der Waals surface area contributed by atoms with Gasteiger partial charge in [0.2, 0.25) is 12.6 Å². The van der Waals surface area contributed by atoms with Crippen molar-refractivity contribution in [2.24, 2.45) is 0 Å². The molecule has 3 heteroatoms. The molecule has 0 rings (SSSR count). The van der Waals surface area contributed by atoms with Gasteiger partial charge in [-0.05, 0) is 6.08 Å². The molecule has 44 valence electrons. The number of alkyl halides is 1. The molecular formula is C5H5FO2. The molecule has 0 bridgehead atoms. The van der Waals surface area contributed by atoms with E-state index in [4.69, 9.17) is 0 Å². The monoisotopic (exact) mass is 116 g/mol. The molecule has 0 unspecified atom stereocenters. The summed E-state index contributed by atoms with van der Waals surface area (Å²) in [4.78, 5) is 9.60. The van der Waals surface area contributed by atoms with Gasteiger partial charge in [0.25, 0.3) is 0 Å². The van der Waals surface area contributed by atoms with E-state index in [0.29, 0.717) is 0 Å². The Labute approximate surface area is 46.3 Å². The molecule has 0 aromatic carbocycles. The summed E-state index contributed by atoms with van der Waals surface area (Å²) in [6.45, 7) is 2.14. The Morgan fingerprint density at radius 2 is 2.62 bits per heavy atom. The van der Waals surface area contributed by atoms with Crippen LogP contribution in [0, 0.1) is 0 Å². The van der Waals surface area contributed by atoms with Gasteiger partial charge >= 0.3 is 0 Å². The smallest absolute Gasteiger partial charge is 0.229 e. The second-order valence-electron chi connectivity index (χ2n) is 0.924. The van der Waals surface area contributed by atoms with Gasteiger partial charge in [0.1, 0.15) is 0 Å². The van der Waals surface area contributed by atoms with Crippen molar-refractivity contribution in [1.82, 2.24) is 0 Å². The summed E-state index contributed by atoms with van der Waals surface area (Å²) in [7, 11) is 0. The van der Waals surface area contributed by atoms with Gasteiger partial charge in [0.15, 0.2) is 5.94 Å². The highest BCUT2D eigenvalue weighted by atomic mass is 19.1. The zero-order valence-electron chi connectivity index (χ0n) is 4.19. The van der Waals surface area contributed by atoms with Crippen LogP contribution < -0.4 is 0 Å². The average Bonchev–Trinajstić information content (AvgIpc) is 1.83. The van der Waals surface area contributed by atoms with Gasteiger partial charge in [0.05, 0.1) is 0 Å². The molecule has 0 radical (unpaired) electrons. The Hall–Kier alpha value is -1.08. The Bertz CT molecular complexity index is 124. The van der Waals surface area contributed by atoms with Crippen LogP contribution in [0.15, 0.2) is 18.4 Å². The number of allylic oxidation sites excluding steroid dienone is 1. The fourth-order valence-corrected chi connectivity index (χ4v) is 0.189. The number of ether oxygens (including phenoxy) is 1. The van der Waals surface area contributed by atoms with Crippen LogP contribution in [0.4, 0.5) is 4.39 Å². The molecule has 0 saturated heterocycles. The van der Waals surface area contributed by atoms with Crippen LogP contribution in [-0.2, 0) is 9.53 Å². The van der Waals surface area contributed by atoms with Crippen molar-refractivity contribution < 1.29 is 13.9 Å². The zero-order chi connectivity index (χ0) is 6.41. The number of hydrogen-bond donors (Lipinski definition) is 0. The second kappa shape index (κ2) is 4.09. The standard InChI is InChI=1S/C5H5FO2/c1-2-5(3-7)8-4-6/h2H,1,4H2. The third-order valence-corrected chi connectivity index (χ3v) is 0.496. The van der Waals surface area contributed by atoms with E-state index in [2.05, 4.69) is 11.3 Å². The topological polar surface area (TPSA) is 26.3 Å². The van der Waals surface area contributed by atoms with Gasteiger partial charge in [-0.15, -0.1) is 0 Å². The first-order valence-corrected chi connectivity index (χ1v) is 1.91. The van der Waals surface area contributed by atoms with Gasteiger partial charge in [0, 0.05) is 0 Å². The molecule has 0 fully saturated rings. The van der Waals surface area contributed by atoms with Crippen molar-refractivity contribution in [3.8, 4) is 0 Å². The maximum Gasteiger partial charge on any atom is 0.229 e. The zero-order valence-corrected chi connectivity index (χ0v) is 4.19. The van der Waals surface area contributed by atoms with E-state index in [1.165, 1.54) is 5.94 Å². The molecule has 0 saturated carbocycles. The quantitative estimate of drug-likeness (QED) is 0.310. The first-order valence-electron chi connectivity index (χ1n) is 1.91. The fraction of sp³-hybridized carbons (Fsp3) is 0.200. The molecule has 0 N–H and O–H groups in total. The Balaban J connectivity index is 3.72. The lowest BCUT2D eigenvalue weighted by Crippen LogP contribution is -1.85. The largest absolute Gasteiger partial charge is 0.452 e. The summed E-state index contributed by atoms with van der Waals surface area (Å²) in [5, 5.41) is 0. The first kappa shape index (κ1) is 6.92. The lowest BCUT2D eigenvalue weighted by atomic mass is 10.5. The molecular weight excluding hydrogens is 111 g/mol. The highest BCUT2D eigenvalue weighted by Crippen LogP contribution is 1.90. The average molecular weight is 116 g/mol. The summed E-state index contributed by atoms with van der Waals surface area (Å²) in [6.07, 6.45) is 1.09. The normalized spacial score (nSPS) is 7.12. The molecule has 0 heterocycles. The van der Waals surface area contributed by atoms with E-state index in [1.807, 2.05) is 0 Å². The van der Waals surface area contributed by atoms with Crippen LogP contribution in [0.5, 0.6) is 0 Å². The number of halogens is 1. The fourth-order valence-electron chi connectivity index (χ4n) is 0.189. The Morgan fingerprint density at radius 1 is 2.00 bits per heavy atom. The summed E-state index contributed by atoms with van der Waals surface area (Å²) in [6, 6.07) is 0. The van der Waals surface area contributed by atoms with Crippen LogP contribution in [0.25, 0.3) is 0 Å². The lowest BCUT2D eigenvalue weighted by Gasteiger charge is -1.91. The lowest BCUT2D eigenvalue weighted by molar-refractivity contribution is 0.126. The molecule has 0 aliphatic rings. The van der Waals surface area contributed by atoms with Crippen LogP contribution in [-0.4, -0.2) is 12.8 Å². The van der Waals surface area contributed by atoms with Gasteiger partial charge in [-0.2, -0.15) is 0 Å². The minimum atomic E-state index is -1.02. The van der Waals surface area contributed by atoms with Crippen LogP contribution in [0.3, 0.4) is 0 Å². The van der Waals surface area contributed by atoms with E-state index in [1.54, 1.807) is 0 Å². The third-order valence-electron chi connectivity index (χ3n) is 0.496.